The molecule has 0 aromatic rings. The van der Waals surface area contributed by atoms with E-state index in [-0.39, 0.29) is 26.1 Å². The van der Waals surface area contributed by atoms with Crippen molar-refractivity contribution in [1.29, 1.82) is 0 Å². The molecular formula is C52H92O15. The van der Waals surface area contributed by atoms with Gasteiger partial charge in [-0.05, 0) is 44.9 Å². The van der Waals surface area contributed by atoms with E-state index in [0.717, 1.165) is 70.6 Å². The molecule has 2 saturated heterocycles. The smallest absolute Gasteiger partial charge is 0.306 e. The molecule has 67 heavy (non-hydrogen) atoms. The van der Waals surface area contributed by atoms with E-state index < -0.39 is 92.7 Å². The SMILES string of the molecule is CC/C=C\C/C=C\C/C=C\CCCCCCCC(=O)OC(COC(=O)CCCCCCCCCCCCCCCCCC)COC1OC(COC2OC(CO)C(O)C(O)C2O)C(O)C(O)C1O. The molecule has 0 aromatic heterocycles. The monoisotopic (exact) mass is 957 g/mol. The Labute approximate surface area is 402 Å². The highest BCUT2D eigenvalue weighted by Crippen LogP contribution is 2.26. The Morgan fingerprint density at radius 3 is 1.48 bits per heavy atom. The van der Waals surface area contributed by atoms with E-state index in [2.05, 4.69) is 50.3 Å². The second-order valence-electron chi connectivity index (χ2n) is 18.3. The summed E-state index contributed by atoms with van der Waals surface area (Å²) in [6.07, 6.45) is 24.6. The van der Waals surface area contributed by atoms with Crippen LogP contribution in [0, 0.1) is 0 Å². The summed E-state index contributed by atoms with van der Waals surface area (Å²) in [6, 6.07) is 0. The van der Waals surface area contributed by atoms with Gasteiger partial charge < -0.3 is 64.2 Å². The van der Waals surface area contributed by atoms with Gasteiger partial charge in [0.2, 0.25) is 0 Å². The molecule has 2 heterocycles. The van der Waals surface area contributed by atoms with Crippen molar-refractivity contribution in [2.45, 2.75) is 255 Å². The van der Waals surface area contributed by atoms with Crippen LogP contribution in [0.1, 0.15) is 187 Å². The maximum atomic E-state index is 13.0. The fourth-order valence-corrected chi connectivity index (χ4v) is 8.11. The molecule has 15 nitrogen and oxygen atoms in total. The largest absolute Gasteiger partial charge is 0.462 e. The zero-order valence-corrected chi connectivity index (χ0v) is 41.1. The average Bonchev–Trinajstić information content (AvgIpc) is 3.32. The van der Waals surface area contributed by atoms with Gasteiger partial charge in [0.15, 0.2) is 18.7 Å². The zero-order chi connectivity index (χ0) is 48.9. The Bertz CT molecular complexity index is 1310. The molecule has 2 rings (SSSR count). The number of unbranched alkanes of at least 4 members (excludes halogenated alkanes) is 20. The first-order valence-corrected chi connectivity index (χ1v) is 26.1. The molecule has 2 aliphatic rings. The first kappa shape index (κ1) is 60.8. The zero-order valence-electron chi connectivity index (χ0n) is 41.1. The van der Waals surface area contributed by atoms with Gasteiger partial charge in [-0.2, -0.15) is 0 Å². The third-order valence-electron chi connectivity index (χ3n) is 12.4. The van der Waals surface area contributed by atoms with E-state index in [1.807, 2.05) is 0 Å². The second kappa shape index (κ2) is 39.4. The normalized spacial score (nSPS) is 26.2. The summed E-state index contributed by atoms with van der Waals surface area (Å²) >= 11 is 0. The fourth-order valence-electron chi connectivity index (χ4n) is 8.11. The van der Waals surface area contributed by atoms with E-state index in [0.29, 0.717) is 12.8 Å². The third kappa shape index (κ3) is 27.6. The lowest BCUT2D eigenvalue weighted by atomic mass is 9.98. The maximum Gasteiger partial charge on any atom is 0.306 e. The molecule has 0 radical (unpaired) electrons. The Morgan fingerprint density at radius 2 is 0.940 bits per heavy atom. The highest BCUT2D eigenvalue weighted by molar-refractivity contribution is 5.70. The van der Waals surface area contributed by atoms with Crippen molar-refractivity contribution in [3.8, 4) is 0 Å². The number of esters is 2. The van der Waals surface area contributed by atoms with E-state index in [1.54, 1.807) is 0 Å². The van der Waals surface area contributed by atoms with Crippen LogP contribution in [0.25, 0.3) is 0 Å². The Kier molecular flexibility index (Phi) is 35.8. The topological polar surface area (TPSA) is 231 Å². The van der Waals surface area contributed by atoms with Crippen LogP contribution >= 0.6 is 0 Å². The molecule has 390 valence electrons. The van der Waals surface area contributed by atoms with Gasteiger partial charge in [0.05, 0.1) is 19.8 Å². The fraction of sp³-hybridized carbons (Fsp3) is 0.846. The third-order valence-corrected chi connectivity index (χ3v) is 12.4. The van der Waals surface area contributed by atoms with Gasteiger partial charge >= 0.3 is 11.9 Å². The summed E-state index contributed by atoms with van der Waals surface area (Å²) in [5.41, 5.74) is 0. The summed E-state index contributed by atoms with van der Waals surface area (Å²) in [7, 11) is 0. The van der Waals surface area contributed by atoms with Crippen LogP contribution in [0.5, 0.6) is 0 Å². The van der Waals surface area contributed by atoms with Crippen molar-refractivity contribution in [3.05, 3.63) is 36.5 Å². The van der Waals surface area contributed by atoms with Gasteiger partial charge in [0, 0.05) is 12.8 Å². The number of hydrogen-bond donors (Lipinski definition) is 7. The van der Waals surface area contributed by atoms with Crippen molar-refractivity contribution >= 4 is 11.9 Å². The van der Waals surface area contributed by atoms with Crippen molar-refractivity contribution < 1.29 is 73.8 Å². The lowest BCUT2D eigenvalue weighted by Gasteiger charge is -2.42. The van der Waals surface area contributed by atoms with Crippen LogP contribution in [-0.2, 0) is 38.0 Å². The number of carbonyl (C=O) groups is 2. The standard InChI is InChI=1S/C52H92O15/c1-3-5-7-9-11-13-15-17-19-21-22-24-26-28-30-32-34-43(54)62-37-40(65-44(55)35-33-31-29-27-25-23-20-18-16-14-12-10-8-6-4-2)38-63-51-50(61)48(59)46(57)42(67-51)39-64-52-49(60)47(58)45(56)41(36-53)66-52/h6,8,12,14,18,20,40-42,45-53,56-61H,3-5,7,9-11,13,15-17,19,21-39H2,1-2H3/b8-6-,14-12-,20-18-. The van der Waals surface area contributed by atoms with Crippen molar-refractivity contribution in [3.63, 3.8) is 0 Å². The van der Waals surface area contributed by atoms with Crippen LogP contribution in [0.4, 0.5) is 0 Å². The molecule has 11 unspecified atom stereocenters. The Balaban J connectivity index is 1.81. The Morgan fingerprint density at radius 1 is 0.493 bits per heavy atom. The molecular weight excluding hydrogens is 865 g/mol. The molecule has 2 fully saturated rings. The van der Waals surface area contributed by atoms with Gasteiger partial charge in [0.25, 0.3) is 0 Å². The Hall–Kier alpha value is -2.28. The van der Waals surface area contributed by atoms with Crippen LogP contribution in [-0.4, -0.2) is 142 Å². The number of rotatable bonds is 40. The number of ether oxygens (including phenoxy) is 6. The van der Waals surface area contributed by atoms with E-state index >= 15 is 0 Å². The van der Waals surface area contributed by atoms with Crippen molar-refractivity contribution in [2.75, 3.05) is 26.4 Å². The average molecular weight is 957 g/mol. The molecule has 0 bridgehead atoms. The lowest BCUT2D eigenvalue weighted by Crippen LogP contribution is -2.61. The molecule has 0 spiro atoms. The highest BCUT2D eigenvalue weighted by Gasteiger charge is 2.47. The van der Waals surface area contributed by atoms with E-state index in [9.17, 15) is 45.3 Å². The minimum atomic E-state index is -1.77. The van der Waals surface area contributed by atoms with Crippen LogP contribution < -0.4 is 0 Å². The summed E-state index contributed by atoms with van der Waals surface area (Å²) < 4.78 is 33.6. The van der Waals surface area contributed by atoms with Gasteiger partial charge in [-0.25, -0.2) is 0 Å². The van der Waals surface area contributed by atoms with Crippen LogP contribution in [0.3, 0.4) is 0 Å². The molecule has 11 atom stereocenters. The highest BCUT2D eigenvalue weighted by atomic mass is 16.7. The summed E-state index contributed by atoms with van der Waals surface area (Å²) in [5.74, 6) is -0.939. The predicted octanol–water partition coefficient (Wildman–Crippen LogP) is 7.32. The van der Waals surface area contributed by atoms with Crippen LogP contribution in [0.2, 0.25) is 0 Å². The molecule has 0 amide bonds. The number of hydrogen-bond acceptors (Lipinski definition) is 15. The van der Waals surface area contributed by atoms with E-state index in [4.69, 9.17) is 28.4 Å². The first-order chi connectivity index (χ1) is 32.5. The number of aliphatic hydroxyl groups is 7. The second-order valence-corrected chi connectivity index (χ2v) is 18.3. The minimum absolute atomic E-state index is 0.147. The quantitative estimate of drug-likeness (QED) is 0.0181. The van der Waals surface area contributed by atoms with Crippen molar-refractivity contribution in [1.82, 2.24) is 0 Å². The molecule has 7 N–H and O–H groups in total. The lowest BCUT2D eigenvalue weighted by molar-refractivity contribution is -0.332. The minimum Gasteiger partial charge on any atom is -0.462 e. The predicted molar refractivity (Wildman–Crippen MR) is 257 cm³/mol. The maximum absolute atomic E-state index is 13.0. The van der Waals surface area contributed by atoms with Gasteiger partial charge in [-0.1, -0.05) is 166 Å². The molecule has 0 aromatic carbocycles. The summed E-state index contributed by atoms with van der Waals surface area (Å²) in [5, 5.41) is 72.1. The van der Waals surface area contributed by atoms with Crippen molar-refractivity contribution in [2.24, 2.45) is 0 Å². The number of carbonyl (C=O) groups excluding carboxylic acids is 2. The summed E-state index contributed by atoms with van der Waals surface area (Å²) in [4.78, 5) is 25.8. The number of aliphatic hydroxyl groups excluding tert-OH is 7. The molecule has 2 aliphatic heterocycles. The van der Waals surface area contributed by atoms with E-state index in [1.165, 1.54) is 77.0 Å². The first-order valence-electron chi connectivity index (χ1n) is 26.1. The molecule has 15 heteroatoms. The summed E-state index contributed by atoms with van der Waals surface area (Å²) in [6.45, 7) is 2.47. The van der Waals surface area contributed by atoms with Gasteiger partial charge in [-0.15, -0.1) is 0 Å². The van der Waals surface area contributed by atoms with Gasteiger partial charge in [0.1, 0.15) is 55.4 Å². The van der Waals surface area contributed by atoms with Gasteiger partial charge in [-0.3, -0.25) is 9.59 Å². The molecule has 0 saturated carbocycles. The number of allylic oxidation sites excluding steroid dienone is 6. The van der Waals surface area contributed by atoms with Crippen LogP contribution in [0.15, 0.2) is 36.5 Å². The molecule has 0 aliphatic carbocycles.